The molecule has 2 aromatic carbocycles. The first kappa shape index (κ1) is 15.4. The molecule has 0 N–H and O–H groups in total. The van der Waals surface area contributed by atoms with Crippen molar-refractivity contribution in [1.29, 1.82) is 0 Å². The molecule has 0 aliphatic carbocycles. The summed E-state index contributed by atoms with van der Waals surface area (Å²) < 4.78 is 11.7. The van der Waals surface area contributed by atoms with Crippen LogP contribution >= 0.6 is 23.4 Å². The Hall–Kier alpha value is -2.17. The highest BCUT2D eigenvalue weighted by molar-refractivity contribution is 7.99. The highest BCUT2D eigenvalue weighted by atomic mass is 35.5. The Labute approximate surface area is 147 Å². The summed E-state index contributed by atoms with van der Waals surface area (Å²) in [5, 5.41) is 1.79. The summed E-state index contributed by atoms with van der Waals surface area (Å²) in [6.07, 6.45) is 2.01. The minimum Gasteiger partial charge on any atom is -0.487 e. The molecule has 0 fully saturated rings. The first-order valence-corrected chi connectivity index (χ1v) is 8.86. The fourth-order valence-corrected chi connectivity index (χ4v) is 3.81. The lowest BCUT2D eigenvalue weighted by atomic mass is 10.1. The highest BCUT2D eigenvalue weighted by Crippen LogP contribution is 2.34. The molecular weight excluding hydrogens is 344 g/mol. The first-order chi connectivity index (χ1) is 11.7. The first-order valence-electron chi connectivity index (χ1n) is 7.49. The van der Waals surface area contributed by atoms with Crippen LogP contribution in [-0.4, -0.2) is 12.4 Å². The van der Waals surface area contributed by atoms with Crippen molar-refractivity contribution in [2.45, 2.75) is 5.09 Å². The van der Waals surface area contributed by atoms with Crippen LogP contribution in [0.25, 0.3) is 16.5 Å². The van der Waals surface area contributed by atoms with Gasteiger partial charge in [-0.25, -0.2) is 0 Å². The van der Waals surface area contributed by atoms with E-state index in [1.165, 1.54) is 11.8 Å². The molecule has 0 radical (unpaired) electrons. The number of benzene rings is 2. The zero-order chi connectivity index (χ0) is 16.5. The van der Waals surface area contributed by atoms with Crippen LogP contribution in [0.15, 0.2) is 68.9 Å². The lowest BCUT2D eigenvalue weighted by Gasteiger charge is -2.17. The van der Waals surface area contributed by atoms with Crippen LogP contribution in [0.2, 0.25) is 5.02 Å². The molecule has 0 saturated heterocycles. The van der Waals surface area contributed by atoms with E-state index in [1.54, 1.807) is 12.1 Å². The van der Waals surface area contributed by atoms with Gasteiger partial charge >= 0.3 is 0 Å². The average molecular weight is 357 g/mol. The van der Waals surface area contributed by atoms with Crippen LogP contribution in [0.3, 0.4) is 0 Å². The molecule has 0 spiro atoms. The fourth-order valence-electron chi connectivity index (χ4n) is 2.67. The van der Waals surface area contributed by atoms with Gasteiger partial charge in [-0.15, -0.1) is 0 Å². The van der Waals surface area contributed by atoms with Crippen LogP contribution in [0.1, 0.15) is 5.56 Å². The van der Waals surface area contributed by atoms with Crippen molar-refractivity contribution in [3.8, 4) is 5.75 Å². The minimum atomic E-state index is -0.0203. The van der Waals surface area contributed by atoms with E-state index in [0.717, 1.165) is 11.3 Å². The third-order valence-electron chi connectivity index (χ3n) is 3.85. The molecule has 3 aromatic rings. The highest BCUT2D eigenvalue weighted by Gasteiger charge is 2.22. The number of hydrogen-bond acceptors (Lipinski definition) is 4. The standard InChI is InChI=1S/C19H13ClO3S/c20-14-6-2-4-8-16(14)22-11-12-9-10-24-19-17(12)18(21)13-5-1-3-7-15(13)23-19/h1-9H,10-11H2. The Kier molecular flexibility index (Phi) is 4.08. The van der Waals surface area contributed by atoms with Crippen molar-refractivity contribution in [2.24, 2.45) is 0 Å². The largest absolute Gasteiger partial charge is 0.487 e. The molecule has 1 aliphatic rings. The smallest absolute Gasteiger partial charge is 0.201 e. The third kappa shape index (κ3) is 2.72. The van der Waals surface area contributed by atoms with Gasteiger partial charge in [-0.3, -0.25) is 4.79 Å². The van der Waals surface area contributed by atoms with Crippen LogP contribution in [-0.2, 0) is 0 Å². The van der Waals surface area contributed by atoms with Crippen molar-refractivity contribution in [1.82, 2.24) is 0 Å². The molecule has 0 saturated carbocycles. The molecule has 0 unspecified atom stereocenters. The van der Waals surface area contributed by atoms with Gasteiger partial charge in [0.15, 0.2) is 5.09 Å². The Morgan fingerprint density at radius 3 is 2.79 bits per heavy atom. The Morgan fingerprint density at radius 1 is 1.12 bits per heavy atom. The van der Waals surface area contributed by atoms with Crippen molar-refractivity contribution in [3.63, 3.8) is 0 Å². The molecule has 1 aliphatic heterocycles. The second-order valence-electron chi connectivity index (χ2n) is 5.35. The molecule has 4 rings (SSSR count). The van der Waals surface area contributed by atoms with Gasteiger partial charge in [-0.05, 0) is 24.3 Å². The summed E-state index contributed by atoms with van der Waals surface area (Å²) in [5.74, 6) is 1.35. The molecule has 24 heavy (non-hydrogen) atoms. The summed E-state index contributed by atoms with van der Waals surface area (Å²) in [6, 6.07) is 14.6. The molecule has 5 heteroatoms. The van der Waals surface area contributed by atoms with Crippen molar-refractivity contribution in [2.75, 3.05) is 12.4 Å². The molecule has 0 amide bonds. The normalized spacial score (nSPS) is 13.5. The Morgan fingerprint density at radius 2 is 1.92 bits per heavy atom. The van der Waals surface area contributed by atoms with E-state index >= 15 is 0 Å². The lowest BCUT2D eigenvalue weighted by Crippen LogP contribution is -2.16. The summed E-state index contributed by atoms with van der Waals surface area (Å²) in [5.41, 5.74) is 2.02. The number of para-hydroxylation sites is 2. The predicted octanol–water partition coefficient (Wildman–Crippen LogP) is 5.01. The molecule has 120 valence electrons. The van der Waals surface area contributed by atoms with Gasteiger partial charge in [0.25, 0.3) is 0 Å². The summed E-state index contributed by atoms with van der Waals surface area (Å²) in [4.78, 5) is 12.9. The number of fused-ring (bicyclic) bond motifs is 2. The van der Waals surface area contributed by atoms with Crippen LogP contribution in [0, 0.1) is 0 Å². The van der Waals surface area contributed by atoms with E-state index in [-0.39, 0.29) is 12.0 Å². The van der Waals surface area contributed by atoms with Crippen molar-refractivity contribution >= 4 is 39.9 Å². The van der Waals surface area contributed by atoms with Crippen molar-refractivity contribution < 1.29 is 9.15 Å². The number of rotatable bonds is 3. The molecule has 0 atom stereocenters. The Bertz CT molecular complexity index is 1010. The number of thioether (sulfide) groups is 1. The quantitative estimate of drug-likeness (QED) is 0.661. The van der Waals surface area contributed by atoms with E-state index in [1.807, 2.05) is 42.5 Å². The van der Waals surface area contributed by atoms with E-state index < -0.39 is 0 Å². The Balaban J connectivity index is 1.72. The second-order valence-corrected chi connectivity index (χ2v) is 6.75. The predicted molar refractivity (Wildman–Crippen MR) is 98.1 cm³/mol. The van der Waals surface area contributed by atoms with Crippen LogP contribution < -0.4 is 10.2 Å². The van der Waals surface area contributed by atoms with Gasteiger partial charge < -0.3 is 9.15 Å². The minimum absolute atomic E-state index is 0.0203. The van der Waals surface area contributed by atoms with Crippen LogP contribution in [0.4, 0.5) is 0 Å². The van der Waals surface area contributed by atoms with Gasteiger partial charge in [0, 0.05) is 11.3 Å². The van der Waals surface area contributed by atoms with E-state index in [4.69, 9.17) is 20.8 Å². The molecule has 1 aromatic heterocycles. The van der Waals surface area contributed by atoms with Gasteiger partial charge in [-0.2, -0.15) is 0 Å². The zero-order valence-electron chi connectivity index (χ0n) is 12.6. The summed E-state index contributed by atoms with van der Waals surface area (Å²) >= 11 is 7.64. The maximum absolute atomic E-state index is 12.9. The third-order valence-corrected chi connectivity index (χ3v) is 5.05. The van der Waals surface area contributed by atoms with Crippen molar-refractivity contribution in [3.05, 3.63) is 75.4 Å². The second kappa shape index (κ2) is 6.38. The zero-order valence-corrected chi connectivity index (χ0v) is 14.2. The van der Waals surface area contributed by atoms with E-state index in [0.29, 0.717) is 32.4 Å². The number of ether oxygens (including phenoxy) is 1. The fraction of sp³-hybridized carbons (Fsp3) is 0.105. The lowest BCUT2D eigenvalue weighted by molar-refractivity contribution is 0.368. The van der Waals surface area contributed by atoms with E-state index in [9.17, 15) is 4.79 Å². The molecular formula is C19H13ClO3S. The summed E-state index contributed by atoms with van der Waals surface area (Å²) in [6.45, 7) is 0.278. The monoisotopic (exact) mass is 356 g/mol. The maximum atomic E-state index is 12.9. The van der Waals surface area contributed by atoms with Gasteiger partial charge in [0.1, 0.15) is 17.9 Å². The number of halogens is 1. The molecule has 2 heterocycles. The summed E-state index contributed by atoms with van der Waals surface area (Å²) in [7, 11) is 0. The maximum Gasteiger partial charge on any atom is 0.201 e. The number of hydrogen-bond donors (Lipinski definition) is 0. The van der Waals surface area contributed by atoms with Gasteiger partial charge in [0.05, 0.1) is 16.0 Å². The van der Waals surface area contributed by atoms with Gasteiger partial charge in [0.2, 0.25) is 5.43 Å². The van der Waals surface area contributed by atoms with E-state index in [2.05, 4.69) is 0 Å². The van der Waals surface area contributed by atoms with Gasteiger partial charge in [-0.1, -0.05) is 53.7 Å². The molecule has 3 nitrogen and oxygen atoms in total. The SMILES string of the molecule is O=c1c2c(oc3ccccc13)SCC=C2COc1ccccc1Cl. The van der Waals surface area contributed by atoms with Crippen LogP contribution in [0.5, 0.6) is 5.75 Å². The average Bonchev–Trinajstić information content (AvgIpc) is 2.61. The topological polar surface area (TPSA) is 39.4 Å². The molecule has 0 bridgehead atoms.